The Morgan fingerprint density at radius 3 is 2.76 bits per heavy atom. The molecule has 33 heavy (non-hydrogen) atoms. The van der Waals surface area contributed by atoms with Gasteiger partial charge in [0.25, 0.3) is 0 Å². The molecule has 2 atom stereocenters. The van der Waals surface area contributed by atoms with E-state index in [0.29, 0.717) is 24.8 Å². The summed E-state index contributed by atoms with van der Waals surface area (Å²) in [7, 11) is 0. The van der Waals surface area contributed by atoms with Gasteiger partial charge in [0, 0.05) is 34.9 Å². The van der Waals surface area contributed by atoms with E-state index >= 15 is 0 Å². The van der Waals surface area contributed by atoms with Crippen LogP contribution in [0.25, 0.3) is 0 Å². The van der Waals surface area contributed by atoms with E-state index in [2.05, 4.69) is 12.2 Å². The Balaban J connectivity index is 1.64. The number of nitrogens with zero attached hydrogens (tertiary/aromatic N) is 1. The van der Waals surface area contributed by atoms with Crippen LogP contribution < -0.4 is 10.2 Å². The van der Waals surface area contributed by atoms with Gasteiger partial charge in [-0.2, -0.15) is 0 Å². The van der Waals surface area contributed by atoms with Gasteiger partial charge in [-0.15, -0.1) is 11.3 Å². The molecule has 0 fully saturated rings. The number of thiophene rings is 1. The van der Waals surface area contributed by atoms with Crippen molar-refractivity contribution in [3.63, 3.8) is 0 Å². The maximum absolute atomic E-state index is 13.7. The topological polar surface area (TPSA) is 62.6 Å². The lowest BCUT2D eigenvalue weighted by atomic mass is 9.81. The van der Waals surface area contributed by atoms with Crippen molar-refractivity contribution in [1.29, 1.82) is 0 Å². The van der Waals surface area contributed by atoms with Crippen LogP contribution in [0.4, 0.5) is 11.4 Å². The molecule has 2 aliphatic rings. The molecule has 5 rings (SSSR count). The van der Waals surface area contributed by atoms with Crippen LogP contribution in [0.2, 0.25) is 0 Å². The number of fused-ring (bicyclic) bond motifs is 1. The van der Waals surface area contributed by atoms with Crippen molar-refractivity contribution in [2.45, 2.75) is 57.4 Å². The van der Waals surface area contributed by atoms with Crippen LogP contribution in [0.3, 0.4) is 0 Å². The monoisotopic (exact) mass is 460 g/mol. The number of para-hydroxylation sites is 2. The van der Waals surface area contributed by atoms with Crippen LogP contribution in [-0.4, -0.2) is 11.7 Å². The van der Waals surface area contributed by atoms with E-state index in [1.165, 1.54) is 0 Å². The number of nitrogens with one attached hydrogen (secondary N) is 1. The van der Waals surface area contributed by atoms with Crippen molar-refractivity contribution < 1.29 is 14.0 Å². The van der Waals surface area contributed by atoms with Crippen LogP contribution in [-0.2, 0) is 9.59 Å². The van der Waals surface area contributed by atoms with E-state index in [1.807, 2.05) is 58.8 Å². The second-order valence-corrected chi connectivity index (χ2v) is 9.70. The SMILES string of the molecule is CCCCCC(=O)N1c2ccccc2NC2=C(C(=O)C[C@@H](c3ccco3)C2)[C@@H]1c1cccs1. The minimum absolute atomic E-state index is 0.0123. The number of unbranched alkanes of at least 4 members (excludes halogenated alkanes) is 2. The molecule has 170 valence electrons. The van der Waals surface area contributed by atoms with Gasteiger partial charge in [0.05, 0.1) is 17.6 Å². The molecule has 1 N–H and O–H groups in total. The zero-order valence-corrected chi connectivity index (χ0v) is 19.6. The van der Waals surface area contributed by atoms with E-state index in [9.17, 15) is 9.59 Å². The lowest BCUT2D eigenvalue weighted by molar-refractivity contribution is -0.119. The molecular formula is C27H28N2O3S. The summed E-state index contributed by atoms with van der Waals surface area (Å²) in [6.07, 6.45) is 6.09. The highest BCUT2D eigenvalue weighted by molar-refractivity contribution is 7.10. The summed E-state index contributed by atoms with van der Waals surface area (Å²) in [4.78, 5) is 30.3. The first kappa shape index (κ1) is 21.7. The average Bonchev–Trinajstić information content (AvgIpc) is 3.51. The molecular weight excluding hydrogens is 432 g/mol. The van der Waals surface area contributed by atoms with Crippen LogP contribution in [0.1, 0.15) is 68.0 Å². The van der Waals surface area contributed by atoms with Crippen LogP contribution in [0.15, 0.2) is 75.9 Å². The molecule has 3 aromatic rings. The smallest absolute Gasteiger partial charge is 0.227 e. The molecule has 1 aromatic carbocycles. The van der Waals surface area contributed by atoms with Gasteiger partial charge in [0.1, 0.15) is 11.8 Å². The van der Waals surface area contributed by atoms with Gasteiger partial charge in [0.2, 0.25) is 5.91 Å². The fourth-order valence-electron chi connectivity index (χ4n) is 4.95. The van der Waals surface area contributed by atoms with Gasteiger partial charge in [-0.05, 0) is 48.6 Å². The van der Waals surface area contributed by atoms with E-state index < -0.39 is 6.04 Å². The van der Waals surface area contributed by atoms with Gasteiger partial charge in [-0.3, -0.25) is 14.5 Å². The summed E-state index contributed by atoms with van der Waals surface area (Å²) in [6, 6.07) is 15.3. The Labute approximate surface area is 198 Å². The minimum atomic E-state index is -0.421. The number of allylic oxidation sites excluding steroid dienone is 1. The van der Waals surface area contributed by atoms with Gasteiger partial charge in [-0.1, -0.05) is 38.0 Å². The Bertz CT molecular complexity index is 1160. The number of furan rings is 1. The third-order valence-corrected chi connectivity index (χ3v) is 7.43. The molecule has 0 saturated carbocycles. The fraction of sp³-hybridized carbons (Fsp3) is 0.333. The molecule has 0 saturated heterocycles. The van der Waals surface area contributed by atoms with Gasteiger partial charge >= 0.3 is 0 Å². The molecule has 1 aliphatic heterocycles. The second-order valence-electron chi connectivity index (χ2n) is 8.72. The largest absolute Gasteiger partial charge is 0.469 e. The van der Waals surface area contributed by atoms with E-state index in [0.717, 1.165) is 47.0 Å². The van der Waals surface area contributed by atoms with Crippen LogP contribution in [0, 0.1) is 0 Å². The molecule has 5 nitrogen and oxygen atoms in total. The van der Waals surface area contributed by atoms with Crippen molar-refractivity contribution in [1.82, 2.24) is 0 Å². The molecule has 0 radical (unpaired) electrons. The number of ketones is 1. The predicted octanol–water partition coefficient (Wildman–Crippen LogP) is 6.82. The lowest BCUT2D eigenvalue weighted by Crippen LogP contribution is -2.38. The minimum Gasteiger partial charge on any atom is -0.469 e. The maximum atomic E-state index is 13.7. The average molecular weight is 461 g/mol. The van der Waals surface area contributed by atoms with Crippen molar-refractivity contribution in [3.8, 4) is 0 Å². The number of rotatable bonds is 6. The highest BCUT2D eigenvalue weighted by atomic mass is 32.1. The predicted molar refractivity (Wildman–Crippen MR) is 131 cm³/mol. The Hall–Kier alpha value is -3.12. The summed E-state index contributed by atoms with van der Waals surface area (Å²) in [5, 5.41) is 5.57. The third-order valence-electron chi connectivity index (χ3n) is 6.51. The first-order chi connectivity index (χ1) is 16.2. The normalized spacial score (nSPS) is 20.2. The van der Waals surface area contributed by atoms with E-state index in [4.69, 9.17) is 4.42 Å². The zero-order valence-electron chi connectivity index (χ0n) is 18.8. The molecule has 1 aliphatic carbocycles. The second kappa shape index (κ2) is 9.40. The number of amides is 1. The molecule has 0 unspecified atom stereocenters. The van der Waals surface area contributed by atoms with E-state index in [-0.39, 0.29) is 17.6 Å². The third kappa shape index (κ3) is 4.15. The van der Waals surface area contributed by atoms with E-state index in [1.54, 1.807) is 17.6 Å². The number of benzene rings is 1. The highest BCUT2D eigenvalue weighted by Gasteiger charge is 2.42. The number of Topliss-reactive ketones (excluding diaryl/α,β-unsaturated/α-hetero) is 1. The number of hydrogen-bond acceptors (Lipinski definition) is 5. The molecule has 0 bridgehead atoms. The Morgan fingerprint density at radius 1 is 1.12 bits per heavy atom. The maximum Gasteiger partial charge on any atom is 0.227 e. The molecule has 2 aromatic heterocycles. The first-order valence-electron chi connectivity index (χ1n) is 11.7. The van der Waals surface area contributed by atoms with Crippen molar-refractivity contribution in [3.05, 3.63) is 82.1 Å². The van der Waals surface area contributed by atoms with Crippen molar-refractivity contribution >= 4 is 34.4 Å². The number of carbonyl (C=O) groups excluding carboxylic acids is 2. The summed E-state index contributed by atoms with van der Waals surface area (Å²) < 4.78 is 5.65. The molecule has 0 spiro atoms. The quantitative estimate of drug-likeness (QED) is 0.410. The number of anilines is 2. The van der Waals surface area contributed by atoms with Gasteiger partial charge in [-0.25, -0.2) is 0 Å². The summed E-state index contributed by atoms with van der Waals surface area (Å²) in [5.74, 6) is 0.949. The Morgan fingerprint density at radius 2 is 2.00 bits per heavy atom. The standard InChI is InChI=1S/C27H28N2O3S/c1-2-3-4-13-25(31)29-21-10-6-5-9-19(21)28-20-16-18(23-11-7-14-32-23)17-22(30)26(20)27(29)24-12-8-15-33-24/h5-12,14-15,18,27-28H,2-4,13,16-17H2,1H3/t18-,27-/m0/s1. The molecule has 3 heterocycles. The van der Waals surface area contributed by atoms with Crippen LogP contribution in [0.5, 0.6) is 0 Å². The summed E-state index contributed by atoms with van der Waals surface area (Å²) in [5.41, 5.74) is 3.29. The fourth-order valence-corrected chi connectivity index (χ4v) is 5.78. The lowest BCUT2D eigenvalue weighted by Gasteiger charge is -2.34. The summed E-state index contributed by atoms with van der Waals surface area (Å²) >= 11 is 1.59. The first-order valence-corrected chi connectivity index (χ1v) is 12.6. The van der Waals surface area contributed by atoms with Crippen molar-refractivity contribution in [2.24, 2.45) is 0 Å². The van der Waals surface area contributed by atoms with Crippen molar-refractivity contribution in [2.75, 3.05) is 10.2 Å². The van der Waals surface area contributed by atoms with Crippen LogP contribution >= 0.6 is 11.3 Å². The van der Waals surface area contributed by atoms with Gasteiger partial charge in [0.15, 0.2) is 5.78 Å². The zero-order chi connectivity index (χ0) is 22.8. The summed E-state index contributed by atoms with van der Waals surface area (Å²) in [6.45, 7) is 2.14. The highest BCUT2D eigenvalue weighted by Crippen LogP contribution is 2.48. The molecule has 1 amide bonds. The molecule has 6 heteroatoms. The number of carbonyl (C=O) groups is 2. The number of hydrogen-bond donors (Lipinski definition) is 1. The Kier molecular flexibility index (Phi) is 6.18. The van der Waals surface area contributed by atoms with Gasteiger partial charge < -0.3 is 9.73 Å².